The molecule has 1 aromatic heterocycles. The van der Waals surface area contributed by atoms with Gasteiger partial charge in [-0.2, -0.15) is 0 Å². The van der Waals surface area contributed by atoms with Crippen LogP contribution in [0.15, 0.2) is 5.51 Å². The lowest BCUT2D eigenvalue weighted by Crippen LogP contribution is -2.38. The number of thiazole rings is 1. The fraction of sp³-hybridized carbons (Fsp3) is 0.500. The standard InChI is InChI=1S/C8H13N3OS/c1-4-11(3)10-8(12)7-6(2)9-5-13-7/h5H,4H2,1-3H3,(H,10,12). The third-order valence-electron chi connectivity index (χ3n) is 1.72. The Balaban J connectivity index is 2.64. The van der Waals surface area contributed by atoms with Gasteiger partial charge >= 0.3 is 0 Å². The number of carbonyl (C=O) groups is 1. The van der Waals surface area contributed by atoms with Gasteiger partial charge in [-0.3, -0.25) is 10.2 Å². The maximum absolute atomic E-state index is 11.5. The lowest BCUT2D eigenvalue weighted by Gasteiger charge is -2.14. The van der Waals surface area contributed by atoms with E-state index in [-0.39, 0.29) is 5.91 Å². The van der Waals surface area contributed by atoms with Crippen LogP contribution in [0.1, 0.15) is 22.3 Å². The zero-order valence-electron chi connectivity index (χ0n) is 8.00. The van der Waals surface area contributed by atoms with E-state index in [9.17, 15) is 4.79 Å². The van der Waals surface area contributed by atoms with Gasteiger partial charge < -0.3 is 0 Å². The minimum absolute atomic E-state index is 0.0793. The Morgan fingerprint density at radius 3 is 2.92 bits per heavy atom. The quantitative estimate of drug-likeness (QED) is 0.740. The van der Waals surface area contributed by atoms with E-state index in [2.05, 4.69) is 10.4 Å². The number of rotatable bonds is 3. The van der Waals surface area contributed by atoms with E-state index < -0.39 is 0 Å². The van der Waals surface area contributed by atoms with Gasteiger partial charge in [0.15, 0.2) is 0 Å². The topological polar surface area (TPSA) is 45.2 Å². The zero-order chi connectivity index (χ0) is 9.84. The second-order valence-electron chi connectivity index (χ2n) is 2.72. The van der Waals surface area contributed by atoms with Crippen molar-refractivity contribution in [3.05, 3.63) is 16.1 Å². The highest BCUT2D eigenvalue weighted by Gasteiger charge is 2.11. The molecule has 0 radical (unpaired) electrons. The van der Waals surface area contributed by atoms with Crippen LogP contribution < -0.4 is 5.43 Å². The number of aryl methyl sites for hydroxylation is 1. The molecule has 0 saturated carbocycles. The summed E-state index contributed by atoms with van der Waals surface area (Å²) in [4.78, 5) is 16.2. The van der Waals surface area contributed by atoms with Crippen LogP contribution in [0.25, 0.3) is 0 Å². The van der Waals surface area contributed by atoms with Crippen molar-refractivity contribution >= 4 is 17.2 Å². The van der Waals surface area contributed by atoms with Crippen LogP contribution in [-0.4, -0.2) is 29.5 Å². The van der Waals surface area contributed by atoms with Crippen molar-refractivity contribution in [2.45, 2.75) is 13.8 Å². The van der Waals surface area contributed by atoms with Crippen molar-refractivity contribution in [2.24, 2.45) is 0 Å². The summed E-state index contributed by atoms with van der Waals surface area (Å²) >= 11 is 1.36. The normalized spacial score (nSPS) is 10.5. The number of aromatic nitrogens is 1. The summed E-state index contributed by atoms with van der Waals surface area (Å²) in [5.74, 6) is -0.0793. The van der Waals surface area contributed by atoms with Crippen LogP contribution in [0.3, 0.4) is 0 Å². The highest BCUT2D eigenvalue weighted by Crippen LogP contribution is 2.11. The summed E-state index contributed by atoms with van der Waals surface area (Å²) in [6, 6.07) is 0. The molecule has 0 saturated heterocycles. The van der Waals surface area contributed by atoms with Crippen molar-refractivity contribution < 1.29 is 4.79 Å². The number of nitrogens with one attached hydrogen (secondary N) is 1. The monoisotopic (exact) mass is 199 g/mol. The number of hydrogen-bond donors (Lipinski definition) is 1. The average Bonchev–Trinajstić information content (AvgIpc) is 2.51. The molecule has 0 aliphatic carbocycles. The number of carbonyl (C=O) groups excluding carboxylic acids is 1. The first-order valence-corrected chi connectivity index (χ1v) is 4.95. The molecule has 0 spiro atoms. The minimum Gasteiger partial charge on any atom is -0.284 e. The van der Waals surface area contributed by atoms with E-state index in [1.165, 1.54) is 11.3 Å². The molecule has 0 atom stereocenters. The van der Waals surface area contributed by atoms with E-state index in [4.69, 9.17) is 0 Å². The zero-order valence-corrected chi connectivity index (χ0v) is 8.81. The van der Waals surface area contributed by atoms with Crippen LogP contribution >= 0.6 is 11.3 Å². The Kier molecular flexibility index (Phi) is 3.39. The minimum atomic E-state index is -0.0793. The van der Waals surface area contributed by atoms with E-state index in [1.807, 2.05) is 20.9 Å². The van der Waals surface area contributed by atoms with Crippen LogP contribution in [0.5, 0.6) is 0 Å². The molecule has 4 nitrogen and oxygen atoms in total. The molecule has 0 unspecified atom stereocenters. The third-order valence-corrected chi connectivity index (χ3v) is 2.65. The van der Waals surface area contributed by atoms with Gasteiger partial charge in [-0.1, -0.05) is 6.92 Å². The first-order chi connectivity index (χ1) is 6.15. The Morgan fingerprint density at radius 2 is 2.46 bits per heavy atom. The average molecular weight is 199 g/mol. The summed E-state index contributed by atoms with van der Waals surface area (Å²) in [5.41, 5.74) is 5.20. The number of hydrazine groups is 1. The maximum atomic E-state index is 11.5. The van der Waals surface area contributed by atoms with Crippen LogP contribution in [0, 0.1) is 6.92 Å². The largest absolute Gasteiger partial charge is 0.284 e. The Bertz CT molecular complexity index is 297. The molecule has 13 heavy (non-hydrogen) atoms. The molecule has 0 bridgehead atoms. The molecule has 0 aromatic carbocycles. The fourth-order valence-corrected chi connectivity index (χ4v) is 1.52. The van der Waals surface area contributed by atoms with Crippen molar-refractivity contribution in [2.75, 3.05) is 13.6 Å². The molecule has 0 fully saturated rings. The van der Waals surface area contributed by atoms with Crippen LogP contribution in [0.4, 0.5) is 0 Å². The lowest BCUT2D eigenvalue weighted by molar-refractivity contribution is 0.0838. The van der Waals surface area contributed by atoms with Crippen molar-refractivity contribution in [3.8, 4) is 0 Å². The van der Waals surface area contributed by atoms with E-state index >= 15 is 0 Å². The van der Waals surface area contributed by atoms with Gasteiger partial charge in [-0.15, -0.1) is 11.3 Å². The van der Waals surface area contributed by atoms with E-state index in [0.29, 0.717) is 4.88 Å². The third kappa shape index (κ3) is 2.50. The predicted molar refractivity (Wildman–Crippen MR) is 52.6 cm³/mol. The Morgan fingerprint density at radius 1 is 1.77 bits per heavy atom. The second kappa shape index (κ2) is 4.34. The van der Waals surface area contributed by atoms with Gasteiger partial charge in [0.1, 0.15) is 4.88 Å². The molecular formula is C8H13N3OS. The maximum Gasteiger partial charge on any atom is 0.277 e. The molecule has 1 aromatic rings. The first-order valence-electron chi connectivity index (χ1n) is 4.07. The molecule has 1 rings (SSSR count). The SMILES string of the molecule is CCN(C)NC(=O)c1scnc1C. The number of hydrogen-bond acceptors (Lipinski definition) is 4. The molecule has 1 N–H and O–H groups in total. The van der Waals surface area contributed by atoms with Crippen LogP contribution in [0.2, 0.25) is 0 Å². The number of nitrogens with zero attached hydrogens (tertiary/aromatic N) is 2. The molecule has 0 aliphatic heterocycles. The predicted octanol–water partition coefficient (Wildman–Crippen LogP) is 1.05. The molecule has 5 heteroatoms. The Hall–Kier alpha value is -0.940. The highest BCUT2D eigenvalue weighted by atomic mass is 32.1. The van der Waals surface area contributed by atoms with Gasteiger partial charge in [-0.05, 0) is 6.92 Å². The van der Waals surface area contributed by atoms with E-state index in [1.54, 1.807) is 10.5 Å². The summed E-state index contributed by atoms with van der Waals surface area (Å²) in [7, 11) is 1.83. The van der Waals surface area contributed by atoms with Crippen LogP contribution in [-0.2, 0) is 0 Å². The lowest BCUT2D eigenvalue weighted by atomic mass is 10.4. The summed E-state index contributed by atoms with van der Waals surface area (Å²) in [5, 5.41) is 1.74. The summed E-state index contributed by atoms with van der Waals surface area (Å²) in [6.07, 6.45) is 0. The number of amides is 1. The Labute approximate surface area is 81.6 Å². The van der Waals surface area contributed by atoms with Gasteiger partial charge in [0.25, 0.3) is 5.91 Å². The summed E-state index contributed by atoms with van der Waals surface area (Å²) < 4.78 is 0. The van der Waals surface area contributed by atoms with Crippen molar-refractivity contribution in [3.63, 3.8) is 0 Å². The molecule has 1 amide bonds. The smallest absolute Gasteiger partial charge is 0.277 e. The van der Waals surface area contributed by atoms with Gasteiger partial charge in [0.2, 0.25) is 0 Å². The second-order valence-corrected chi connectivity index (χ2v) is 3.58. The fourth-order valence-electron chi connectivity index (χ4n) is 0.823. The molecule has 1 heterocycles. The van der Waals surface area contributed by atoms with Gasteiger partial charge in [-0.25, -0.2) is 9.99 Å². The van der Waals surface area contributed by atoms with Gasteiger partial charge in [0, 0.05) is 13.6 Å². The van der Waals surface area contributed by atoms with Gasteiger partial charge in [0.05, 0.1) is 11.2 Å². The van der Waals surface area contributed by atoms with E-state index in [0.717, 1.165) is 12.2 Å². The van der Waals surface area contributed by atoms with Crippen molar-refractivity contribution in [1.82, 2.24) is 15.4 Å². The highest BCUT2D eigenvalue weighted by molar-refractivity contribution is 7.11. The van der Waals surface area contributed by atoms with Crippen molar-refractivity contribution in [1.29, 1.82) is 0 Å². The molecule has 72 valence electrons. The molecule has 0 aliphatic rings. The summed E-state index contributed by atoms with van der Waals surface area (Å²) in [6.45, 7) is 4.58. The first kappa shape index (κ1) is 10.1. The molecular weight excluding hydrogens is 186 g/mol.